The van der Waals surface area contributed by atoms with Crippen LogP contribution in [0.15, 0.2) is 29.1 Å². The number of anilines is 2. The predicted molar refractivity (Wildman–Crippen MR) is 126 cm³/mol. The normalized spacial score (nSPS) is 16.8. The third kappa shape index (κ3) is 4.41. The molecule has 32 heavy (non-hydrogen) atoms. The number of nitrogens with one attached hydrogen (secondary N) is 3. The summed E-state index contributed by atoms with van der Waals surface area (Å²) in [6.45, 7) is 4.03. The van der Waals surface area contributed by atoms with Gasteiger partial charge in [-0.3, -0.25) is 9.59 Å². The fourth-order valence-corrected chi connectivity index (χ4v) is 5.82. The first kappa shape index (κ1) is 21.1. The summed E-state index contributed by atoms with van der Waals surface area (Å²) < 4.78 is 5.39. The maximum absolute atomic E-state index is 12.6. The first-order chi connectivity index (χ1) is 15.6. The van der Waals surface area contributed by atoms with E-state index in [1.807, 2.05) is 31.3 Å². The highest BCUT2D eigenvalue weighted by atomic mass is 32.1. The Morgan fingerprint density at radius 2 is 2.03 bits per heavy atom. The van der Waals surface area contributed by atoms with E-state index < -0.39 is 0 Å². The second-order valence-corrected chi connectivity index (χ2v) is 9.64. The Hall–Kier alpha value is -2.75. The lowest BCUT2D eigenvalue weighted by molar-refractivity contribution is -0.885. The number of aryl methyl sites for hydroxylation is 2. The summed E-state index contributed by atoms with van der Waals surface area (Å²) in [5.74, 6) is 0.558. The third-order valence-corrected chi connectivity index (χ3v) is 7.27. The number of benzene rings is 1. The third-order valence-electron chi connectivity index (χ3n) is 6.08. The Labute approximate surface area is 190 Å². The van der Waals surface area contributed by atoms with Gasteiger partial charge in [0.15, 0.2) is 12.4 Å². The molecule has 1 amide bonds. The molecule has 1 aliphatic heterocycles. The molecule has 1 atom stereocenters. The molecule has 1 aliphatic carbocycles. The molecular formula is C23H28N5O3S+. The number of thiophene rings is 1. The second kappa shape index (κ2) is 9.01. The topological polar surface area (TPSA) is 91.8 Å². The van der Waals surface area contributed by atoms with Crippen LogP contribution in [0.1, 0.15) is 22.7 Å². The van der Waals surface area contributed by atoms with Gasteiger partial charge in [0.05, 0.1) is 25.6 Å². The lowest BCUT2D eigenvalue weighted by Crippen LogP contribution is -3.08. The molecule has 0 saturated carbocycles. The van der Waals surface area contributed by atoms with Crippen molar-refractivity contribution in [3.05, 3.63) is 50.9 Å². The number of H-pyrrole nitrogens is 1. The number of rotatable bonds is 6. The molecule has 0 spiro atoms. The average molecular weight is 455 g/mol. The molecule has 8 nitrogen and oxygen atoms in total. The fraction of sp³-hybridized carbons (Fsp3) is 0.435. The molecule has 168 valence electrons. The van der Waals surface area contributed by atoms with Gasteiger partial charge in [0.1, 0.15) is 11.4 Å². The molecular weight excluding hydrogens is 426 g/mol. The lowest BCUT2D eigenvalue weighted by atomic mass is 10.2. The highest BCUT2D eigenvalue weighted by Crippen LogP contribution is 2.34. The molecule has 1 aromatic carbocycles. The van der Waals surface area contributed by atoms with E-state index in [2.05, 4.69) is 20.2 Å². The van der Waals surface area contributed by atoms with Crippen molar-refractivity contribution in [1.82, 2.24) is 9.97 Å². The Balaban J connectivity index is 1.18. The first-order valence-electron chi connectivity index (χ1n) is 11.1. The summed E-state index contributed by atoms with van der Waals surface area (Å²) >= 11 is 1.64. The number of carbonyl (C=O) groups excluding carboxylic acids is 1. The SMILES string of the molecule is C[NH+](CC(=O)Nc1ccc(N2CCOCC2)cc1)Cc1nc2sc3c(c2c(=O)[nH]1)CCC3. The number of amides is 1. The molecule has 9 heteroatoms. The van der Waals surface area contributed by atoms with Crippen LogP contribution < -0.4 is 20.7 Å². The van der Waals surface area contributed by atoms with E-state index in [4.69, 9.17) is 4.74 Å². The van der Waals surface area contributed by atoms with Gasteiger partial charge in [0.25, 0.3) is 11.5 Å². The minimum absolute atomic E-state index is 0.0537. The van der Waals surface area contributed by atoms with Gasteiger partial charge in [-0.2, -0.15) is 0 Å². The number of aromatic nitrogens is 2. The van der Waals surface area contributed by atoms with Crippen molar-refractivity contribution >= 4 is 38.8 Å². The Bertz CT molecular complexity index is 1180. The van der Waals surface area contributed by atoms with Crippen molar-refractivity contribution in [3.63, 3.8) is 0 Å². The Morgan fingerprint density at radius 1 is 1.25 bits per heavy atom. The molecule has 1 saturated heterocycles. The zero-order chi connectivity index (χ0) is 22.1. The zero-order valence-electron chi connectivity index (χ0n) is 18.2. The number of carbonyl (C=O) groups is 1. The van der Waals surface area contributed by atoms with E-state index in [0.29, 0.717) is 12.4 Å². The monoisotopic (exact) mass is 454 g/mol. The van der Waals surface area contributed by atoms with Crippen LogP contribution in [-0.2, 0) is 28.9 Å². The minimum Gasteiger partial charge on any atom is -0.378 e. The van der Waals surface area contributed by atoms with Crippen molar-refractivity contribution in [1.29, 1.82) is 0 Å². The summed E-state index contributed by atoms with van der Waals surface area (Å²) in [4.78, 5) is 38.1. The van der Waals surface area contributed by atoms with Gasteiger partial charge in [0, 0.05) is 29.3 Å². The number of morpholine rings is 1. The summed E-state index contributed by atoms with van der Waals surface area (Å²) in [5.41, 5.74) is 3.05. The molecule has 0 bridgehead atoms. The first-order valence-corrected chi connectivity index (χ1v) is 12.0. The van der Waals surface area contributed by atoms with Gasteiger partial charge < -0.3 is 24.8 Å². The van der Waals surface area contributed by atoms with Gasteiger partial charge in [-0.05, 0) is 49.1 Å². The highest BCUT2D eigenvalue weighted by molar-refractivity contribution is 7.18. The summed E-state index contributed by atoms with van der Waals surface area (Å²) in [7, 11) is 1.93. The molecule has 5 rings (SSSR count). The number of hydrogen-bond donors (Lipinski definition) is 3. The molecule has 2 aromatic heterocycles. The van der Waals surface area contributed by atoms with Crippen molar-refractivity contribution in [3.8, 4) is 0 Å². The van der Waals surface area contributed by atoms with Crippen molar-refractivity contribution in [2.75, 3.05) is 50.1 Å². The smallest absolute Gasteiger partial charge is 0.279 e. The van der Waals surface area contributed by atoms with Gasteiger partial charge >= 0.3 is 0 Å². The van der Waals surface area contributed by atoms with Gasteiger partial charge in [-0.1, -0.05) is 0 Å². The van der Waals surface area contributed by atoms with Gasteiger partial charge in [-0.25, -0.2) is 4.98 Å². The van der Waals surface area contributed by atoms with Crippen LogP contribution in [0.5, 0.6) is 0 Å². The average Bonchev–Trinajstić information content (AvgIpc) is 3.35. The summed E-state index contributed by atoms with van der Waals surface area (Å²) in [5, 5.41) is 3.73. The van der Waals surface area contributed by atoms with Crippen LogP contribution in [-0.4, -0.2) is 55.8 Å². The number of aromatic amines is 1. The molecule has 3 heterocycles. The Morgan fingerprint density at radius 3 is 2.81 bits per heavy atom. The minimum atomic E-state index is -0.0693. The van der Waals surface area contributed by atoms with Crippen LogP contribution in [0.4, 0.5) is 11.4 Å². The van der Waals surface area contributed by atoms with Crippen LogP contribution >= 0.6 is 11.3 Å². The van der Waals surface area contributed by atoms with Crippen LogP contribution in [0.25, 0.3) is 10.2 Å². The van der Waals surface area contributed by atoms with E-state index in [1.54, 1.807) is 11.3 Å². The maximum atomic E-state index is 12.6. The quantitative estimate of drug-likeness (QED) is 0.516. The largest absolute Gasteiger partial charge is 0.378 e. The standard InChI is InChI=1S/C23H27N5O3S/c1-27(13-19-25-22(30)21-17-3-2-4-18(17)32-23(21)26-19)14-20(29)24-15-5-7-16(8-6-15)28-9-11-31-12-10-28/h5-8H,2-4,9-14H2,1H3,(H,24,29)(H,25,26,30)/p+1. The predicted octanol–water partition coefficient (Wildman–Crippen LogP) is 0.963. The van der Waals surface area contributed by atoms with Crippen LogP contribution in [0.2, 0.25) is 0 Å². The fourth-order valence-electron chi connectivity index (χ4n) is 4.54. The molecule has 0 radical (unpaired) electrons. The summed E-state index contributed by atoms with van der Waals surface area (Å²) in [6, 6.07) is 7.92. The number of ether oxygens (including phenoxy) is 1. The Kier molecular flexibility index (Phi) is 5.95. The van der Waals surface area contributed by atoms with E-state index >= 15 is 0 Å². The second-order valence-electron chi connectivity index (χ2n) is 8.56. The number of fused-ring (bicyclic) bond motifs is 3. The van der Waals surface area contributed by atoms with E-state index in [9.17, 15) is 9.59 Å². The van der Waals surface area contributed by atoms with Crippen molar-refractivity contribution in [2.24, 2.45) is 0 Å². The molecule has 3 aromatic rings. The van der Waals surface area contributed by atoms with E-state index in [1.165, 1.54) is 10.4 Å². The van der Waals surface area contributed by atoms with E-state index in [0.717, 1.165) is 72.1 Å². The number of hydrogen-bond acceptors (Lipinski definition) is 6. The molecule has 3 N–H and O–H groups in total. The van der Waals surface area contributed by atoms with Crippen LogP contribution in [0, 0.1) is 0 Å². The molecule has 1 unspecified atom stereocenters. The number of likely N-dealkylation sites (N-methyl/N-ethyl adjacent to an activating group) is 1. The van der Waals surface area contributed by atoms with Crippen molar-refractivity contribution < 1.29 is 14.4 Å². The number of quaternary nitrogens is 1. The van der Waals surface area contributed by atoms with Gasteiger partial charge in [0.2, 0.25) is 0 Å². The maximum Gasteiger partial charge on any atom is 0.279 e. The van der Waals surface area contributed by atoms with E-state index in [-0.39, 0.29) is 18.0 Å². The van der Waals surface area contributed by atoms with Gasteiger partial charge in [-0.15, -0.1) is 11.3 Å². The summed E-state index contributed by atoms with van der Waals surface area (Å²) in [6.07, 6.45) is 3.14. The van der Waals surface area contributed by atoms with Crippen molar-refractivity contribution in [2.45, 2.75) is 25.8 Å². The number of nitrogens with zero attached hydrogens (tertiary/aromatic N) is 2. The molecule has 1 fully saturated rings. The lowest BCUT2D eigenvalue weighted by Gasteiger charge is -2.28. The van der Waals surface area contributed by atoms with Crippen LogP contribution in [0.3, 0.4) is 0 Å². The zero-order valence-corrected chi connectivity index (χ0v) is 19.0. The molecule has 2 aliphatic rings. The highest BCUT2D eigenvalue weighted by Gasteiger charge is 2.22.